The highest BCUT2D eigenvalue weighted by atomic mass is 19.1. The molecule has 0 atom stereocenters. The molecule has 1 fully saturated rings. The number of nitrogens with one attached hydrogen (secondary N) is 1. The van der Waals surface area contributed by atoms with Crippen molar-refractivity contribution in [3.8, 4) is 0 Å². The van der Waals surface area contributed by atoms with Crippen LogP contribution in [0.15, 0.2) is 18.2 Å². The number of methoxy groups -OCH3 is 1. The summed E-state index contributed by atoms with van der Waals surface area (Å²) in [4.78, 5) is 12.3. The smallest absolute Gasteiger partial charge is 0.331 e. The van der Waals surface area contributed by atoms with Crippen LogP contribution in [0.1, 0.15) is 44.6 Å². The van der Waals surface area contributed by atoms with Gasteiger partial charge < -0.3 is 10.1 Å². The van der Waals surface area contributed by atoms with Gasteiger partial charge >= 0.3 is 5.97 Å². The topological polar surface area (TPSA) is 38.3 Å². The Hall–Kier alpha value is -1.58. The molecule has 0 bridgehead atoms. The van der Waals surface area contributed by atoms with Gasteiger partial charge in [0, 0.05) is 5.69 Å². The molecule has 0 saturated heterocycles. The first-order valence-corrected chi connectivity index (χ1v) is 7.63. The Morgan fingerprint density at radius 1 is 1.38 bits per heavy atom. The van der Waals surface area contributed by atoms with Gasteiger partial charge in [-0.05, 0) is 62.3 Å². The molecule has 1 aliphatic carbocycles. The SMILES string of the molecule is CCC1CCC(Nc2cc(C)cc(F)c2)(C(=O)OC)CC1. The zero-order valence-corrected chi connectivity index (χ0v) is 13.0. The highest BCUT2D eigenvalue weighted by Gasteiger charge is 2.42. The van der Waals surface area contributed by atoms with Gasteiger partial charge in [-0.3, -0.25) is 0 Å². The number of carbonyl (C=O) groups excluding carboxylic acids is 1. The summed E-state index contributed by atoms with van der Waals surface area (Å²) < 4.78 is 18.5. The number of anilines is 1. The lowest BCUT2D eigenvalue weighted by Gasteiger charge is -2.39. The van der Waals surface area contributed by atoms with Gasteiger partial charge in [-0.2, -0.15) is 0 Å². The minimum Gasteiger partial charge on any atom is -0.467 e. The number of hydrogen-bond donors (Lipinski definition) is 1. The monoisotopic (exact) mass is 293 g/mol. The fourth-order valence-corrected chi connectivity index (χ4v) is 3.24. The van der Waals surface area contributed by atoms with Crippen molar-refractivity contribution in [3.05, 3.63) is 29.6 Å². The van der Waals surface area contributed by atoms with Crippen LogP contribution in [-0.4, -0.2) is 18.6 Å². The molecule has 0 aromatic heterocycles. The van der Waals surface area contributed by atoms with E-state index in [2.05, 4.69) is 12.2 Å². The Kier molecular flexibility index (Phi) is 4.86. The zero-order chi connectivity index (χ0) is 15.5. The number of aryl methyl sites for hydroxylation is 1. The largest absolute Gasteiger partial charge is 0.467 e. The van der Waals surface area contributed by atoms with E-state index >= 15 is 0 Å². The Balaban J connectivity index is 2.23. The van der Waals surface area contributed by atoms with Crippen LogP contribution < -0.4 is 5.32 Å². The molecule has 1 saturated carbocycles. The number of halogens is 1. The van der Waals surface area contributed by atoms with Crippen LogP contribution in [0.4, 0.5) is 10.1 Å². The third kappa shape index (κ3) is 3.55. The maximum Gasteiger partial charge on any atom is 0.331 e. The minimum atomic E-state index is -0.722. The van der Waals surface area contributed by atoms with Crippen LogP contribution in [0.5, 0.6) is 0 Å². The second-order valence-electron chi connectivity index (χ2n) is 6.07. The second-order valence-corrected chi connectivity index (χ2v) is 6.07. The van der Waals surface area contributed by atoms with Crippen LogP contribution in [0.2, 0.25) is 0 Å². The number of ether oxygens (including phenoxy) is 1. The average Bonchev–Trinajstić information content (AvgIpc) is 2.46. The van der Waals surface area contributed by atoms with E-state index < -0.39 is 5.54 Å². The molecule has 1 aliphatic rings. The van der Waals surface area contributed by atoms with Gasteiger partial charge in [0.2, 0.25) is 0 Å². The molecule has 1 N–H and O–H groups in total. The molecule has 0 spiro atoms. The Labute approximate surface area is 125 Å². The summed E-state index contributed by atoms with van der Waals surface area (Å²) >= 11 is 0. The number of carbonyl (C=O) groups is 1. The molecule has 1 aromatic carbocycles. The molecule has 0 aliphatic heterocycles. The van der Waals surface area contributed by atoms with Gasteiger partial charge in [0.05, 0.1) is 7.11 Å². The Morgan fingerprint density at radius 2 is 2.05 bits per heavy atom. The average molecular weight is 293 g/mol. The van der Waals surface area contributed by atoms with Gasteiger partial charge in [-0.25, -0.2) is 9.18 Å². The maximum atomic E-state index is 13.6. The molecular weight excluding hydrogens is 269 g/mol. The molecule has 0 radical (unpaired) electrons. The van der Waals surface area contributed by atoms with E-state index in [9.17, 15) is 9.18 Å². The molecule has 2 rings (SSSR count). The van der Waals surface area contributed by atoms with Crippen LogP contribution in [-0.2, 0) is 9.53 Å². The van der Waals surface area contributed by atoms with Gasteiger partial charge in [0.15, 0.2) is 0 Å². The summed E-state index contributed by atoms with van der Waals surface area (Å²) in [6.45, 7) is 4.02. The van der Waals surface area contributed by atoms with Crippen molar-refractivity contribution >= 4 is 11.7 Å². The molecular formula is C17H24FNO2. The summed E-state index contributed by atoms with van der Waals surface area (Å²) in [5.41, 5.74) is 0.758. The van der Waals surface area contributed by atoms with Gasteiger partial charge in [-0.1, -0.05) is 13.3 Å². The molecule has 3 nitrogen and oxygen atoms in total. The fraction of sp³-hybridized carbons (Fsp3) is 0.588. The number of benzene rings is 1. The zero-order valence-electron chi connectivity index (χ0n) is 13.0. The lowest BCUT2D eigenvalue weighted by Crippen LogP contribution is -2.49. The van der Waals surface area contributed by atoms with E-state index in [4.69, 9.17) is 4.74 Å². The molecule has 0 heterocycles. The summed E-state index contributed by atoms with van der Waals surface area (Å²) in [5, 5.41) is 3.26. The van der Waals surface area contributed by atoms with Crippen LogP contribution in [0, 0.1) is 18.7 Å². The third-order valence-corrected chi connectivity index (χ3v) is 4.54. The number of hydrogen-bond acceptors (Lipinski definition) is 3. The van der Waals surface area contributed by atoms with Gasteiger partial charge in [0.25, 0.3) is 0 Å². The lowest BCUT2D eigenvalue weighted by molar-refractivity contribution is -0.147. The van der Waals surface area contributed by atoms with Crippen LogP contribution in [0.25, 0.3) is 0 Å². The summed E-state index contributed by atoms with van der Waals surface area (Å²) in [6.07, 6.45) is 4.58. The first-order chi connectivity index (χ1) is 9.99. The number of rotatable bonds is 4. The van der Waals surface area contributed by atoms with E-state index in [1.54, 1.807) is 0 Å². The summed E-state index contributed by atoms with van der Waals surface area (Å²) in [6, 6.07) is 4.77. The number of esters is 1. The summed E-state index contributed by atoms with van der Waals surface area (Å²) in [7, 11) is 1.41. The fourth-order valence-electron chi connectivity index (χ4n) is 3.24. The van der Waals surface area contributed by atoms with E-state index in [1.165, 1.54) is 19.2 Å². The molecule has 1 aromatic rings. The van der Waals surface area contributed by atoms with Crippen molar-refractivity contribution in [1.29, 1.82) is 0 Å². The molecule has 4 heteroatoms. The minimum absolute atomic E-state index is 0.251. The predicted octanol–water partition coefficient (Wildman–Crippen LogP) is 4.06. The second kappa shape index (κ2) is 6.46. The molecule has 21 heavy (non-hydrogen) atoms. The van der Waals surface area contributed by atoms with Crippen molar-refractivity contribution < 1.29 is 13.9 Å². The van der Waals surface area contributed by atoms with E-state index in [0.717, 1.165) is 37.7 Å². The highest BCUT2D eigenvalue weighted by Crippen LogP contribution is 2.37. The quantitative estimate of drug-likeness (QED) is 0.851. The standard InChI is InChI=1S/C17H24FNO2/c1-4-13-5-7-17(8-6-13,16(20)21-3)19-15-10-12(2)9-14(18)11-15/h9-11,13,19H,4-8H2,1-3H3. The van der Waals surface area contributed by atoms with Crippen molar-refractivity contribution in [2.24, 2.45) is 5.92 Å². The normalized spacial score (nSPS) is 25.4. The van der Waals surface area contributed by atoms with E-state index in [-0.39, 0.29) is 11.8 Å². The first-order valence-electron chi connectivity index (χ1n) is 7.63. The van der Waals surface area contributed by atoms with E-state index in [1.807, 2.05) is 13.0 Å². The molecule has 116 valence electrons. The first kappa shape index (κ1) is 15.8. The predicted molar refractivity (Wildman–Crippen MR) is 81.8 cm³/mol. The maximum absolute atomic E-state index is 13.6. The molecule has 0 amide bonds. The van der Waals surface area contributed by atoms with Crippen LogP contribution in [0.3, 0.4) is 0 Å². The highest BCUT2D eigenvalue weighted by molar-refractivity contribution is 5.84. The third-order valence-electron chi connectivity index (χ3n) is 4.54. The molecule has 0 unspecified atom stereocenters. The van der Waals surface area contributed by atoms with Gasteiger partial charge in [-0.15, -0.1) is 0 Å². The van der Waals surface area contributed by atoms with Crippen molar-refractivity contribution in [2.45, 2.75) is 51.5 Å². The van der Waals surface area contributed by atoms with Crippen molar-refractivity contribution in [2.75, 3.05) is 12.4 Å². The van der Waals surface area contributed by atoms with E-state index in [0.29, 0.717) is 11.6 Å². The Bertz CT molecular complexity index is 487. The Morgan fingerprint density at radius 3 is 2.57 bits per heavy atom. The van der Waals surface area contributed by atoms with Crippen LogP contribution >= 0.6 is 0 Å². The van der Waals surface area contributed by atoms with Crippen molar-refractivity contribution in [3.63, 3.8) is 0 Å². The summed E-state index contributed by atoms with van der Waals surface area (Å²) in [5.74, 6) is 0.123. The van der Waals surface area contributed by atoms with Crippen molar-refractivity contribution in [1.82, 2.24) is 0 Å². The lowest BCUT2D eigenvalue weighted by atomic mass is 9.75. The van der Waals surface area contributed by atoms with Gasteiger partial charge in [0.1, 0.15) is 11.4 Å².